The van der Waals surface area contributed by atoms with Crippen molar-refractivity contribution in [3.63, 3.8) is 0 Å². The summed E-state index contributed by atoms with van der Waals surface area (Å²) in [5.74, 6) is 4.86. The third-order valence-corrected chi connectivity index (χ3v) is 24.7. The van der Waals surface area contributed by atoms with Crippen molar-refractivity contribution in [2.45, 2.75) is 264 Å². The summed E-state index contributed by atoms with van der Waals surface area (Å²) >= 11 is 0. The van der Waals surface area contributed by atoms with Gasteiger partial charge in [-0.2, -0.15) is 0 Å². The lowest BCUT2D eigenvalue weighted by Crippen LogP contribution is -2.04. The predicted molar refractivity (Wildman–Crippen MR) is 535 cm³/mol. The molecule has 0 radical (unpaired) electrons. The highest BCUT2D eigenvalue weighted by molar-refractivity contribution is 6.11. The van der Waals surface area contributed by atoms with Gasteiger partial charge in [0.25, 0.3) is 0 Å². The lowest BCUT2D eigenvalue weighted by atomic mass is 9.92. The Kier molecular flexibility index (Phi) is 38.2. The second-order valence-electron chi connectivity index (χ2n) is 30.9. The third-order valence-electron chi connectivity index (χ3n) is 24.7. The van der Waals surface area contributed by atoms with Crippen molar-refractivity contribution in [1.29, 1.82) is 0 Å². The van der Waals surface area contributed by atoms with Gasteiger partial charge in [-0.1, -0.05) is 247 Å². The van der Waals surface area contributed by atoms with Gasteiger partial charge in [0, 0.05) is 102 Å². The molecular weight excluding hydrogens is 1450 g/mol. The fraction of sp³-hybridized carbons (Fsp3) is 0.375. The lowest BCUT2D eigenvalue weighted by molar-refractivity contribution is 0.414. The Morgan fingerprint density at radius 1 is 0.269 bits per heavy atom. The molecule has 11 aromatic carbocycles. The summed E-state index contributed by atoms with van der Waals surface area (Å²) in [6.07, 6.45) is 14.9. The number of methoxy groups -OCH3 is 2. The van der Waals surface area contributed by atoms with Gasteiger partial charge in [-0.15, -0.1) is 0 Å². The summed E-state index contributed by atoms with van der Waals surface area (Å²) in [4.78, 5) is 0. The normalized spacial score (nSPS) is 12.8. The van der Waals surface area contributed by atoms with Crippen LogP contribution in [0.3, 0.4) is 0 Å². The topological polar surface area (TPSA) is 43.1 Å². The summed E-state index contributed by atoms with van der Waals surface area (Å²) in [6, 6.07) is 88.4. The first-order chi connectivity index (χ1) is 53.2. The van der Waals surface area contributed by atoms with Crippen molar-refractivity contribution < 1.29 is 9.47 Å². The number of hydrogen-bond acceptors (Lipinski definition) is 2. The zero-order chi connectivity index (χ0) is 76.0. The summed E-state index contributed by atoms with van der Waals surface area (Å²) < 4.78 is 22.6. The molecule has 5 unspecified atom stereocenters. The molecule has 0 saturated carbocycles. The molecule has 0 spiro atoms. The van der Waals surface area contributed by atoms with E-state index in [2.05, 4.69) is 324 Å². The molecule has 5 heterocycles. The van der Waals surface area contributed by atoms with Crippen LogP contribution in [0.15, 0.2) is 243 Å². The first-order valence-corrected chi connectivity index (χ1v) is 40.9. The van der Waals surface area contributed by atoms with E-state index in [4.69, 9.17) is 9.47 Å². The first-order valence-electron chi connectivity index (χ1n) is 40.9. The Morgan fingerprint density at radius 2 is 0.555 bits per heavy atom. The van der Waals surface area contributed by atoms with E-state index in [0.29, 0.717) is 29.6 Å². The Labute approximate surface area is 721 Å². The van der Waals surface area contributed by atoms with Crippen molar-refractivity contribution in [1.82, 2.24) is 22.8 Å². The Hall–Kier alpha value is -10.5. The van der Waals surface area contributed by atoms with E-state index in [-0.39, 0.29) is 74.3 Å². The highest BCUT2D eigenvalue weighted by atomic mass is 16.5. The number of aryl methyl sites for hydroxylation is 4. The summed E-state index contributed by atoms with van der Waals surface area (Å²) in [5.41, 5.74) is 27.7. The van der Waals surface area contributed by atoms with Gasteiger partial charge in [-0.3, -0.25) is 0 Å². The number of aromatic nitrogens is 5. The molecule has 0 amide bonds. The minimum absolute atomic E-state index is 0. The Bertz CT molecular complexity index is 5650. The van der Waals surface area contributed by atoms with E-state index in [1.807, 2.05) is 24.3 Å². The Morgan fingerprint density at radius 3 is 0.958 bits per heavy atom. The van der Waals surface area contributed by atoms with Crippen LogP contribution in [0, 0.1) is 0 Å². The van der Waals surface area contributed by atoms with Gasteiger partial charge in [0.05, 0.1) is 41.8 Å². The van der Waals surface area contributed by atoms with E-state index in [9.17, 15) is 0 Å². The molecule has 0 N–H and O–H groups in total. The van der Waals surface area contributed by atoms with Crippen molar-refractivity contribution in [3.05, 3.63) is 293 Å². The van der Waals surface area contributed by atoms with Gasteiger partial charge in [0.15, 0.2) is 0 Å². The monoisotopic (exact) mass is 1600 g/mol. The van der Waals surface area contributed by atoms with Crippen molar-refractivity contribution >= 4 is 87.2 Å². The molecule has 0 fully saturated rings. The van der Waals surface area contributed by atoms with Gasteiger partial charge in [0.2, 0.25) is 0 Å². The first kappa shape index (κ1) is 101. The number of para-hydroxylation sites is 4. The average Bonchev–Trinajstić information content (AvgIpc) is 1.62. The number of benzene rings is 11. The SMILES string of the molecule is C.C.C.C.C.C.C.C.C.C.CCC(C)c1ccc2c(c1)c1c(n2-c2ccccc2)CCC1.CCC(C)c1ccc2c(c1)c1c(n2C)CCCC1.CCC(C)c1ccc2c(c1)c1ccccc1n2-c1ccc(OC)cc1.CCC(C)c1ccc2c(c1)c1ccccc1n2-c1ccc(OC)cc1.CCC(C)c1ccc2c(c1)c1ccccc1n2CC. The van der Waals surface area contributed by atoms with Crippen LogP contribution in [0.5, 0.6) is 11.5 Å². The van der Waals surface area contributed by atoms with Crippen LogP contribution in [-0.4, -0.2) is 37.1 Å². The molecular formula is C112H153N5O2. The average molecular weight is 1600 g/mol. The largest absolute Gasteiger partial charge is 0.497 e. The number of hydrogen-bond donors (Lipinski definition) is 0. The van der Waals surface area contributed by atoms with Gasteiger partial charge in [-0.25, -0.2) is 0 Å². The molecule has 0 aliphatic heterocycles. The summed E-state index contributed by atoms with van der Waals surface area (Å²) in [7, 11) is 5.63. The van der Waals surface area contributed by atoms with Crippen LogP contribution in [0.1, 0.15) is 282 Å². The number of fused-ring (bicyclic) bond motifs is 15. The van der Waals surface area contributed by atoms with E-state index in [0.717, 1.165) is 42.3 Å². The molecule has 638 valence electrons. The van der Waals surface area contributed by atoms with E-state index < -0.39 is 0 Å². The molecule has 0 bridgehead atoms. The van der Waals surface area contributed by atoms with Crippen molar-refractivity contribution in [2.24, 2.45) is 7.05 Å². The lowest BCUT2D eigenvalue weighted by Gasteiger charge is -2.13. The zero-order valence-corrected chi connectivity index (χ0v) is 67.2. The fourth-order valence-electron chi connectivity index (χ4n) is 17.2. The predicted octanol–water partition coefficient (Wildman–Crippen LogP) is 34.5. The highest BCUT2D eigenvalue weighted by Crippen LogP contribution is 2.41. The van der Waals surface area contributed by atoms with E-state index >= 15 is 0 Å². The number of nitrogens with zero attached hydrogens (tertiary/aromatic N) is 5. The number of rotatable bonds is 16. The maximum atomic E-state index is 5.31. The van der Waals surface area contributed by atoms with Crippen LogP contribution >= 0.6 is 0 Å². The van der Waals surface area contributed by atoms with Crippen LogP contribution in [0.25, 0.3) is 104 Å². The van der Waals surface area contributed by atoms with Crippen LogP contribution in [0.4, 0.5) is 0 Å². The van der Waals surface area contributed by atoms with Gasteiger partial charge >= 0.3 is 0 Å². The second-order valence-corrected chi connectivity index (χ2v) is 30.9. The minimum atomic E-state index is 0. The molecule has 119 heavy (non-hydrogen) atoms. The van der Waals surface area contributed by atoms with E-state index in [1.165, 1.54) is 191 Å². The maximum Gasteiger partial charge on any atom is 0.119 e. The number of ether oxygens (including phenoxy) is 2. The van der Waals surface area contributed by atoms with Crippen LogP contribution < -0.4 is 9.47 Å². The molecule has 7 nitrogen and oxygen atoms in total. The molecule has 5 aromatic heterocycles. The van der Waals surface area contributed by atoms with Crippen molar-refractivity contribution in [3.8, 4) is 28.6 Å². The van der Waals surface area contributed by atoms with Gasteiger partial charge in [0.1, 0.15) is 11.5 Å². The molecule has 2 aliphatic rings. The van der Waals surface area contributed by atoms with Crippen LogP contribution in [0.2, 0.25) is 0 Å². The fourth-order valence-corrected chi connectivity index (χ4v) is 17.2. The minimum Gasteiger partial charge on any atom is -0.497 e. The zero-order valence-electron chi connectivity index (χ0n) is 67.2. The third kappa shape index (κ3) is 20.0. The molecule has 18 rings (SSSR count). The molecule has 16 aromatic rings. The molecule has 0 saturated heterocycles. The molecule has 5 atom stereocenters. The standard InChI is InChI=1S/2C23H23NO.C21H23N.C18H21N.C17H23N.10CH4/c2*1-4-16(2)17-9-14-23-21(15-17)20-7-5-6-8-22(20)24(23)18-10-12-19(25-3)13-11-18;1-3-15(2)16-12-13-21-19(14-16)18-10-7-11-20(18)22(21)17-8-5-4-6-9-17;1-4-13(3)14-10-11-18-16(12-14)15-8-6-7-9-17(15)19(18)5-2;1-4-12(2)13-9-10-17-15(11-13)14-7-5-6-8-16(14)18(17)3;;;;;;;;;;/h2*5-16H,4H2,1-3H3;4-6,8-9,12-15H,3,7,10-11H2,1-2H3;6-13H,4-5H2,1-3H3;9-12H,4-8H2,1-3H3;10*1H4. The summed E-state index contributed by atoms with van der Waals surface area (Å²) in [5, 5.41) is 11.0. The van der Waals surface area contributed by atoms with Gasteiger partial charge in [-0.05, 0) is 292 Å². The quantitative estimate of drug-likeness (QED) is 0.0968. The van der Waals surface area contributed by atoms with Gasteiger partial charge < -0.3 is 32.3 Å². The smallest absolute Gasteiger partial charge is 0.119 e. The van der Waals surface area contributed by atoms with Crippen LogP contribution in [-0.2, 0) is 39.3 Å². The second kappa shape index (κ2) is 45.1. The highest BCUT2D eigenvalue weighted by Gasteiger charge is 2.25. The Balaban J connectivity index is 0.000000308. The molecule has 2 aliphatic carbocycles. The maximum absolute atomic E-state index is 5.31. The molecule has 7 heteroatoms. The van der Waals surface area contributed by atoms with E-state index in [1.54, 1.807) is 31.0 Å². The van der Waals surface area contributed by atoms with Crippen molar-refractivity contribution in [2.75, 3.05) is 14.2 Å². The summed E-state index contributed by atoms with van der Waals surface area (Å²) in [6.45, 7) is 26.1.